The zero-order valence-corrected chi connectivity index (χ0v) is 10.9. The van der Waals surface area contributed by atoms with Gasteiger partial charge in [0.15, 0.2) is 0 Å². The summed E-state index contributed by atoms with van der Waals surface area (Å²) in [5.41, 5.74) is 5.26. The zero-order chi connectivity index (χ0) is 14.1. The van der Waals surface area contributed by atoms with E-state index in [1.807, 2.05) is 0 Å². The van der Waals surface area contributed by atoms with E-state index in [2.05, 4.69) is 15.5 Å². The summed E-state index contributed by atoms with van der Waals surface area (Å²) in [5, 5.41) is 13.6. The molecule has 2 amide bonds. The van der Waals surface area contributed by atoms with Crippen LogP contribution in [0.5, 0.6) is 0 Å². The molecular weight excluding hydrogens is 252 g/mol. The predicted octanol–water partition coefficient (Wildman–Crippen LogP) is -1.58. The maximum absolute atomic E-state index is 11.3. The summed E-state index contributed by atoms with van der Waals surface area (Å²) < 4.78 is 5.24. The summed E-state index contributed by atoms with van der Waals surface area (Å²) >= 11 is 0. The van der Waals surface area contributed by atoms with Crippen LogP contribution in [0.1, 0.15) is 6.42 Å². The van der Waals surface area contributed by atoms with Gasteiger partial charge in [-0.15, -0.1) is 0 Å². The minimum Gasteiger partial charge on any atom is -0.480 e. The first-order valence-corrected chi connectivity index (χ1v) is 6.40. The lowest BCUT2D eigenvalue weighted by Gasteiger charge is -2.26. The van der Waals surface area contributed by atoms with Gasteiger partial charge in [-0.05, 0) is 13.0 Å². The second kappa shape index (κ2) is 8.68. The van der Waals surface area contributed by atoms with Gasteiger partial charge in [-0.25, -0.2) is 4.79 Å². The van der Waals surface area contributed by atoms with E-state index in [1.54, 1.807) is 0 Å². The second-order valence-corrected chi connectivity index (χ2v) is 4.39. The maximum Gasteiger partial charge on any atom is 0.322 e. The SMILES string of the molecule is NC(CNC(=O)NCCCN1CCOCC1)C(=O)O. The number of nitrogens with zero attached hydrogens (tertiary/aromatic N) is 1. The van der Waals surface area contributed by atoms with Crippen LogP contribution in [0.4, 0.5) is 4.79 Å². The molecule has 19 heavy (non-hydrogen) atoms. The fourth-order valence-electron chi connectivity index (χ4n) is 1.68. The van der Waals surface area contributed by atoms with Crippen molar-refractivity contribution in [3.05, 3.63) is 0 Å². The van der Waals surface area contributed by atoms with E-state index >= 15 is 0 Å². The Kier molecular flexibility index (Phi) is 7.16. The van der Waals surface area contributed by atoms with Crippen LogP contribution in [-0.4, -0.2) is 74.0 Å². The highest BCUT2D eigenvalue weighted by Gasteiger charge is 2.12. The minimum atomic E-state index is -1.13. The first kappa shape index (κ1) is 15.7. The Morgan fingerprint density at radius 3 is 2.63 bits per heavy atom. The van der Waals surface area contributed by atoms with Crippen molar-refractivity contribution in [2.45, 2.75) is 12.5 Å². The highest BCUT2D eigenvalue weighted by molar-refractivity contribution is 5.77. The lowest BCUT2D eigenvalue weighted by molar-refractivity contribution is -0.138. The van der Waals surface area contributed by atoms with E-state index in [1.165, 1.54) is 0 Å². The Labute approximate surface area is 112 Å². The van der Waals surface area contributed by atoms with Crippen molar-refractivity contribution in [1.82, 2.24) is 15.5 Å². The van der Waals surface area contributed by atoms with Gasteiger partial charge in [-0.1, -0.05) is 0 Å². The summed E-state index contributed by atoms with van der Waals surface area (Å²) in [5.74, 6) is -1.13. The van der Waals surface area contributed by atoms with Crippen LogP contribution in [0.25, 0.3) is 0 Å². The number of carboxylic acid groups (broad SMARTS) is 1. The number of urea groups is 1. The van der Waals surface area contributed by atoms with Gasteiger partial charge >= 0.3 is 12.0 Å². The van der Waals surface area contributed by atoms with Crippen molar-refractivity contribution in [2.75, 3.05) is 45.9 Å². The van der Waals surface area contributed by atoms with Crippen molar-refractivity contribution in [2.24, 2.45) is 5.73 Å². The molecule has 8 nitrogen and oxygen atoms in total. The van der Waals surface area contributed by atoms with Gasteiger partial charge in [0.1, 0.15) is 6.04 Å². The second-order valence-electron chi connectivity index (χ2n) is 4.39. The molecule has 8 heteroatoms. The molecule has 0 aromatic heterocycles. The van der Waals surface area contributed by atoms with Gasteiger partial charge in [0.2, 0.25) is 0 Å². The molecule has 5 N–H and O–H groups in total. The Hall–Kier alpha value is -1.38. The number of morpholine rings is 1. The van der Waals surface area contributed by atoms with Crippen molar-refractivity contribution < 1.29 is 19.4 Å². The van der Waals surface area contributed by atoms with Gasteiger partial charge in [0, 0.05) is 26.2 Å². The summed E-state index contributed by atoms with van der Waals surface area (Å²) in [6.07, 6.45) is 0.846. The quantitative estimate of drug-likeness (QED) is 0.416. The molecular formula is C11H22N4O4. The molecule has 1 heterocycles. The first-order chi connectivity index (χ1) is 9.09. The fraction of sp³-hybridized carbons (Fsp3) is 0.818. The Bertz CT molecular complexity index is 294. The Balaban J connectivity index is 1.99. The van der Waals surface area contributed by atoms with Gasteiger partial charge in [0.05, 0.1) is 13.2 Å². The van der Waals surface area contributed by atoms with E-state index in [0.717, 1.165) is 39.3 Å². The van der Waals surface area contributed by atoms with Gasteiger partial charge in [-0.2, -0.15) is 0 Å². The number of nitrogens with one attached hydrogen (secondary N) is 2. The average molecular weight is 274 g/mol. The molecule has 1 rings (SSSR count). The van der Waals surface area contributed by atoms with Gasteiger partial charge in [-0.3, -0.25) is 9.69 Å². The standard InChI is InChI=1S/C11H22N4O4/c12-9(10(16)17)8-14-11(18)13-2-1-3-15-4-6-19-7-5-15/h9H,1-8,12H2,(H,16,17)(H2,13,14,18). The smallest absolute Gasteiger partial charge is 0.322 e. The number of rotatable bonds is 7. The van der Waals surface area contributed by atoms with Crippen LogP contribution >= 0.6 is 0 Å². The van der Waals surface area contributed by atoms with Crippen molar-refractivity contribution in [3.63, 3.8) is 0 Å². The Morgan fingerprint density at radius 1 is 1.32 bits per heavy atom. The molecule has 1 aliphatic heterocycles. The number of carbonyl (C=O) groups excluding carboxylic acids is 1. The van der Waals surface area contributed by atoms with Crippen molar-refractivity contribution in [3.8, 4) is 0 Å². The molecule has 1 aliphatic rings. The molecule has 1 saturated heterocycles. The number of hydrogen-bond donors (Lipinski definition) is 4. The van der Waals surface area contributed by atoms with Crippen LogP contribution in [-0.2, 0) is 9.53 Å². The van der Waals surface area contributed by atoms with Crippen LogP contribution in [0.2, 0.25) is 0 Å². The van der Waals surface area contributed by atoms with Crippen molar-refractivity contribution in [1.29, 1.82) is 0 Å². The molecule has 0 radical (unpaired) electrons. The molecule has 1 atom stereocenters. The van der Waals surface area contributed by atoms with Crippen molar-refractivity contribution >= 4 is 12.0 Å². The molecule has 0 aliphatic carbocycles. The minimum absolute atomic E-state index is 0.0787. The van der Waals surface area contributed by atoms with Crippen LogP contribution in [0.3, 0.4) is 0 Å². The highest BCUT2D eigenvalue weighted by atomic mass is 16.5. The molecule has 0 saturated carbocycles. The molecule has 1 unspecified atom stereocenters. The maximum atomic E-state index is 11.3. The monoisotopic (exact) mass is 274 g/mol. The number of amides is 2. The fourth-order valence-corrected chi connectivity index (χ4v) is 1.68. The Morgan fingerprint density at radius 2 is 2.00 bits per heavy atom. The van der Waals surface area contributed by atoms with E-state index in [4.69, 9.17) is 15.6 Å². The number of aliphatic carboxylic acids is 1. The van der Waals surface area contributed by atoms with Crippen LogP contribution in [0.15, 0.2) is 0 Å². The largest absolute Gasteiger partial charge is 0.480 e. The van der Waals surface area contributed by atoms with Crippen LogP contribution in [0, 0.1) is 0 Å². The summed E-state index contributed by atoms with van der Waals surface area (Å²) in [6, 6.07) is -1.46. The topological polar surface area (TPSA) is 117 Å². The summed E-state index contributed by atoms with van der Waals surface area (Å²) in [4.78, 5) is 24.0. The average Bonchev–Trinajstić information content (AvgIpc) is 2.42. The molecule has 0 aromatic carbocycles. The highest BCUT2D eigenvalue weighted by Crippen LogP contribution is 1.97. The number of nitrogens with two attached hydrogens (primary N) is 1. The third-order valence-corrected chi connectivity index (χ3v) is 2.84. The van der Waals surface area contributed by atoms with Crippen LogP contribution < -0.4 is 16.4 Å². The van der Waals surface area contributed by atoms with Gasteiger partial charge < -0.3 is 26.2 Å². The zero-order valence-electron chi connectivity index (χ0n) is 10.9. The molecule has 0 bridgehead atoms. The van der Waals surface area contributed by atoms with E-state index in [-0.39, 0.29) is 6.54 Å². The number of carbonyl (C=O) groups is 2. The number of hydrogen-bond acceptors (Lipinski definition) is 5. The number of carboxylic acids is 1. The molecule has 110 valence electrons. The molecule has 1 fully saturated rings. The number of ether oxygens (including phenoxy) is 1. The molecule has 0 spiro atoms. The normalized spacial score (nSPS) is 17.7. The lowest BCUT2D eigenvalue weighted by atomic mass is 10.3. The third-order valence-electron chi connectivity index (χ3n) is 2.84. The summed E-state index contributed by atoms with van der Waals surface area (Å²) in [6.45, 7) is 4.77. The van der Waals surface area contributed by atoms with E-state index in [9.17, 15) is 9.59 Å². The van der Waals surface area contributed by atoms with Gasteiger partial charge in [0.25, 0.3) is 0 Å². The summed E-state index contributed by atoms with van der Waals surface area (Å²) in [7, 11) is 0. The lowest BCUT2D eigenvalue weighted by Crippen LogP contribution is -2.46. The third kappa shape index (κ3) is 6.94. The van der Waals surface area contributed by atoms with E-state index in [0.29, 0.717) is 6.54 Å². The van der Waals surface area contributed by atoms with E-state index < -0.39 is 18.0 Å². The molecule has 0 aromatic rings. The predicted molar refractivity (Wildman–Crippen MR) is 68.9 cm³/mol. The first-order valence-electron chi connectivity index (χ1n) is 6.40.